The molecule has 0 heterocycles. The Kier molecular flexibility index (Phi) is 4.74. The first-order valence-corrected chi connectivity index (χ1v) is 7.92. The normalized spacial score (nSPS) is 19.9. The van der Waals surface area contributed by atoms with Crippen molar-refractivity contribution in [1.29, 1.82) is 0 Å². The summed E-state index contributed by atoms with van der Waals surface area (Å²) in [6.07, 6.45) is 2.53. The maximum atomic E-state index is 12.1. The van der Waals surface area contributed by atoms with Crippen LogP contribution in [0.5, 0.6) is 5.75 Å². The Labute approximate surface area is 118 Å². The van der Waals surface area contributed by atoms with Gasteiger partial charge in [0.25, 0.3) is 10.0 Å². The highest BCUT2D eigenvalue weighted by atomic mass is 32.2. The van der Waals surface area contributed by atoms with E-state index in [1.165, 1.54) is 19.2 Å². The van der Waals surface area contributed by atoms with Crippen molar-refractivity contribution in [2.75, 3.05) is 7.11 Å². The summed E-state index contributed by atoms with van der Waals surface area (Å²) in [6, 6.07) is 5.96. The molecule has 1 saturated carbocycles. The number of ether oxygens (including phenoxy) is 1. The Morgan fingerprint density at radius 2 is 1.95 bits per heavy atom. The lowest BCUT2D eigenvalue weighted by Crippen LogP contribution is -2.46. The van der Waals surface area contributed by atoms with Crippen LogP contribution in [0.15, 0.2) is 29.2 Å². The fourth-order valence-corrected chi connectivity index (χ4v) is 3.06. The quantitative estimate of drug-likeness (QED) is 0.792. The molecule has 1 aromatic rings. The molecule has 20 heavy (non-hydrogen) atoms. The van der Waals surface area contributed by atoms with E-state index in [1.807, 2.05) is 0 Å². The number of nitrogens with one attached hydrogen (secondary N) is 2. The highest BCUT2D eigenvalue weighted by molar-refractivity contribution is 7.89. The Morgan fingerprint density at radius 3 is 2.55 bits per heavy atom. The fraction of sp³-hybridized carbons (Fsp3) is 0.462. The summed E-state index contributed by atoms with van der Waals surface area (Å²) in [5.41, 5.74) is 2.73. The predicted molar refractivity (Wildman–Crippen MR) is 73.7 cm³/mol. The van der Waals surface area contributed by atoms with Gasteiger partial charge in [-0.15, -0.1) is 4.83 Å². The van der Waals surface area contributed by atoms with Crippen LogP contribution < -0.4 is 15.0 Å². The Balaban J connectivity index is 1.97. The van der Waals surface area contributed by atoms with Gasteiger partial charge >= 0.3 is 0 Å². The zero-order valence-corrected chi connectivity index (χ0v) is 12.1. The smallest absolute Gasteiger partial charge is 0.253 e. The summed E-state index contributed by atoms with van der Waals surface area (Å²) in [5.74, 6) is 0.757. The number of ketones is 1. The van der Waals surface area contributed by atoms with Crippen molar-refractivity contribution >= 4 is 15.8 Å². The van der Waals surface area contributed by atoms with Crippen molar-refractivity contribution in [3.8, 4) is 5.75 Å². The molecule has 1 fully saturated rings. The van der Waals surface area contributed by atoms with Crippen LogP contribution in [0.2, 0.25) is 0 Å². The average Bonchev–Trinajstić information content (AvgIpc) is 2.45. The fourth-order valence-electron chi connectivity index (χ4n) is 2.12. The molecular formula is C13H18N2O4S. The molecular weight excluding hydrogens is 280 g/mol. The minimum atomic E-state index is -3.63. The summed E-state index contributed by atoms with van der Waals surface area (Å²) < 4.78 is 29.1. The molecule has 1 aliphatic rings. The number of methoxy groups -OCH3 is 1. The lowest BCUT2D eigenvalue weighted by atomic mass is 9.95. The van der Waals surface area contributed by atoms with E-state index in [9.17, 15) is 13.2 Å². The summed E-state index contributed by atoms with van der Waals surface area (Å²) in [5, 5.41) is 0. The topological polar surface area (TPSA) is 84.5 Å². The number of sulfonamides is 1. The van der Waals surface area contributed by atoms with Gasteiger partial charge in [0.15, 0.2) is 0 Å². The van der Waals surface area contributed by atoms with Crippen LogP contribution in [0.3, 0.4) is 0 Å². The van der Waals surface area contributed by atoms with Crippen molar-refractivity contribution in [1.82, 2.24) is 10.3 Å². The molecule has 110 valence electrons. The molecule has 2 rings (SSSR count). The van der Waals surface area contributed by atoms with Gasteiger partial charge in [-0.3, -0.25) is 4.79 Å². The first-order chi connectivity index (χ1) is 9.51. The van der Waals surface area contributed by atoms with Crippen molar-refractivity contribution in [3.63, 3.8) is 0 Å². The van der Waals surface area contributed by atoms with E-state index < -0.39 is 10.0 Å². The largest absolute Gasteiger partial charge is 0.497 e. The van der Waals surface area contributed by atoms with Crippen molar-refractivity contribution in [2.45, 2.75) is 36.6 Å². The minimum absolute atomic E-state index is 0.135. The zero-order valence-electron chi connectivity index (χ0n) is 11.3. The molecule has 1 atom stereocenters. The standard InChI is InChI=1S/C13H18N2O4S/c1-19-12-5-7-13(8-6-12)20(17,18)15-14-10-3-2-4-11(16)9-10/h5-8,10,14-15H,2-4,9H2,1H3. The van der Waals surface area contributed by atoms with Gasteiger partial charge in [-0.1, -0.05) is 0 Å². The van der Waals surface area contributed by atoms with E-state index in [2.05, 4.69) is 10.3 Å². The number of Topliss-reactive ketones (excluding diaryl/α,β-unsaturated/α-hetero) is 1. The molecule has 7 heteroatoms. The first kappa shape index (κ1) is 15.0. The van der Waals surface area contributed by atoms with Crippen molar-refractivity contribution in [3.05, 3.63) is 24.3 Å². The number of benzene rings is 1. The van der Waals surface area contributed by atoms with Crippen LogP contribution in [0.25, 0.3) is 0 Å². The summed E-state index contributed by atoms with van der Waals surface area (Å²) in [7, 11) is -2.11. The lowest BCUT2D eigenvalue weighted by Gasteiger charge is -2.22. The molecule has 0 radical (unpaired) electrons. The van der Waals surface area contributed by atoms with Crippen LogP contribution >= 0.6 is 0 Å². The van der Waals surface area contributed by atoms with Gasteiger partial charge < -0.3 is 4.74 Å². The summed E-state index contributed by atoms with van der Waals surface area (Å²) in [4.78, 5) is 13.8. The van der Waals surface area contributed by atoms with E-state index >= 15 is 0 Å². The van der Waals surface area contributed by atoms with Gasteiger partial charge in [-0.25, -0.2) is 13.8 Å². The number of carbonyl (C=O) groups is 1. The molecule has 0 amide bonds. The third kappa shape index (κ3) is 3.78. The lowest BCUT2D eigenvalue weighted by molar-refractivity contribution is -0.120. The number of rotatable bonds is 5. The molecule has 0 saturated heterocycles. The van der Waals surface area contributed by atoms with Crippen molar-refractivity contribution in [2.24, 2.45) is 0 Å². The van der Waals surface area contributed by atoms with E-state index in [4.69, 9.17) is 4.74 Å². The van der Waals surface area contributed by atoms with E-state index in [0.717, 1.165) is 12.8 Å². The number of carbonyl (C=O) groups excluding carboxylic acids is 1. The highest BCUT2D eigenvalue weighted by Gasteiger charge is 2.21. The second-order valence-electron chi connectivity index (χ2n) is 4.76. The van der Waals surface area contributed by atoms with Crippen molar-refractivity contribution < 1.29 is 17.9 Å². The van der Waals surface area contributed by atoms with Crippen LogP contribution in [0.4, 0.5) is 0 Å². The number of hydrogen-bond acceptors (Lipinski definition) is 5. The van der Waals surface area contributed by atoms with Crippen LogP contribution in [-0.2, 0) is 14.8 Å². The third-order valence-corrected chi connectivity index (χ3v) is 4.53. The van der Waals surface area contributed by atoms with Gasteiger partial charge in [0.1, 0.15) is 11.5 Å². The zero-order chi connectivity index (χ0) is 14.6. The van der Waals surface area contributed by atoms with Gasteiger partial charge in [-0.2, -0.15) is 0 Å². The molecule has 6 nitrogen and oxygen atoms in total. The minimum Gasteiger partial charge on any atom is -0.497 e. The third-order valence-electron chi connectivity index (χ3n) is 3.25. The van der Waals surface area contributed by atoms with E-state index in [-0.39, 0.29) is 16.7 Å². The Bertz CT molecular complexity index is 569. The summed E-state index contributed by atoms with van der Waals surface area (Å²) >= 11 is 0. The average molecular weight is 298 g/mol. The van der Waals surface area contributed by atoms with E-state index in [0.29, 0.717) is 18.6 Å². The number of hydrazine groups is 1. The molecule has 0 bridgehead atoms. The predicted octanol–water partition coefficient (Wildman–Crippen LogP) is 0.990. The highest BCUT2D eigenvalue weighted by Crippen LogP contribution is 2.16. The molecule has 1 unspecified atom stereocenters. The summed E-state index contributed by atoms with van der Waals surface area (Å²) in [6.45, 7) is 0. The van der Waals surface area contributed by atoms with Crippen LogP contribution in [-0.4, -0.2) is 27.4 Å². The van der Waals surface area contributed by atoms with Crippen LogP contribution in [0, 0.1) is 0 Å². The molecule has 2 N–H and O–H groups in total. The molecule has 0 aliphatic heterocycles. The second-order valence-corrected chi connectivity index (χ2v) is 6.44. The maximum Gasteiger partial charge on any atom is 0.253 e. The van der Waals surface area contributed by atoms with Gasteiger partial charge in [0.2, 0.25) is 0 Å². The van der Waals surface area contributed by atoms with Gasteiger partial charge in [0.05, 0.1) is 12.0 Å². The van der Waals surface area contributed by atoms with E-state index in [1.54, 1.807) is 12.1 Å². The van der Waals surface area contributed by atoms with Gasteiger partial charge in [-0.05, 0) is 37.1 Å². The Hall–Kier alpha value is -1.44. The first-order valence-electron chi connectivity index (χ1n) is 6.44. The Morgan fingerprint density at radius 1 is 1.25 bits per heavy atom. The monoisotopic (exact) mass is 298 g/mol. The van der Waals surface area contributed by atoms with Gasteiger partial charge in [0, 0.05) is 18.9 Å². The second kappa shape index (κ2) is 6.34. The molecule has 1 aliphatic carbocycles. The number of hydrogen-bond donors (Lipinski definition) is 2. The molecule has 0 aromatic heterocycles. The SMILES string of the molecule is COc1ccc(S(=O)(=O)NNC2CCCC(=O)C2)cc1. The maximum absolute atomic E-state index is 12.1. The van der Waals surface area contributed by atoms with Crippen LogP contribution in [0.1, 0.15) is 25.7 Å². The molecule has 1 aromatic carbocycles. The molecule has 0 spiro atoms.